The van der Waals surface area contributed by atoms with Crippen LogP contribution in [0.5, 0.6) is 5.75 Å². The second kappa shape index (κ2) is 10.1. The molecule has 6 nitrogen and oxygen atoms in total. The van der Waals surface area contributed by atoms with Gasteiger partial charge >= 0.3 is 0 Å². The Morgan fingerprint density at radius 1 is 1.33 bits per heavy atom. The van der Waals surface area contributed by atoms with E-state index in [1.807, 2.05) is 18.2 Å². The Hall–Kier alpha value is -1.63. The molecular weight excluding hydrogens is 380 g/mol. The predicted molar refractivity (Wildman–Crippen MR) is 117 cm³/mol. The van der Waals surface area contributed by atoms with Crippen molar-refractivity contribution in [1.29, 1.82) is 0 Å². The summed E-state index contributed by atoms with van der Waals surface area (Å²) in [5.74, 6) is 0.983. The van der Waals surface area contributed by atoms with E-state index in [0.717, 1.165) is 64.4 Å². The summed E-state index contributed by atoms with van der Waals surface area (Å²) in [6.45, 7) is 11.6. The molecular formula is C24H38N2O4. The average molecular weight is 419 g/mol. The number of hydrogen-bond acceptors (Lipinski definition) is 5. The van der Waals surface area contributed by atoms with Gasteiger partial charge in [-0.15, -0.1) is 0 Å². The highest BCUT2D eigenvalue weighted by Gasteiger charge is 2.50. The standard InChI is InChI=1S/C24H38N2O4/c1-23(2,3)7-10-25-22(28)21-17-26(18-24(21)8-12-29-13-9-24)16-19-5-4-6-20(15-19)30-14-11-27/h4-6,15,21,27H,7-14,16-18H2,1-3H3,(H,25,28)/t21-/m0/s1. The molecule has 0 unspecified atom stereocenters. The molecule has 2 heterocycles. The van der Waals surface area contributed by atoms with Crippen molar-refractivity contribution >= 4 is 5.91 Å². The summed E-state index contributed by atoms with van der Waals surface area (Å²) >= 11 is 0. The Balaban J connectivity index is 1.65. The molecule has 2 N–H and O–H groups in total. The fourth-order valence-electron chi connectivity index (χ4n) is 4.68. The number of aliphatic hydroxyl groups is 1. The van der Waals surface area contributed by atoms with Crippen LogP contribution in [0.2, 0.25) is 0 Å². The van der Waals surface area contributed by atoms with Crippen LogP contribution in [0.25, 0.3) is 0 Å². The number of hydrogen-bond donors (Lipinski definition) is 2. The molecule has 2 aliphatic rings. The molecule has 1 spiro atoms. The zero-order chi connectivity index (χ0) is 21.6. The molecule has 0 saturated carbocycles. The van der Waals surface area contributed by atoms with Gasteiger partial charge in [-0.3, -0.25) is 9.69 Å². The summed E-state index contributed by atoms with van der Waals surface area (Å²) in [5.41, 5.74) is 1.39. The molecule has 1 aromatic rings. The van der Waals surface area contributed by atoms with Gasteiger partial charge in [0.1, 0.15) is 12.4 Å². The van der Waals surface area contributed by atoms with Gasteiger partial charge in [-0.25, -0.2) is 0 Å². The van der Waals surface area contributed by atoms with Crippen molar-refractivity contribution in [1.82, 2.24) is 10.2 Å². The van der Waals surface area contributed by atoms with Gasteiger partial charge in [-0.05, 0) is 42.4 Å². The summed E-state index contributed by atoms with van der Waals surface area (Å²) in [6, 6.07) is 8.02. The third-order valence-corrected chi connectivity index (χ3v) is 6.36. The maximum absolute atomic E-state index is 13.2. The van der Waals surface area contributed by atoms with Crippen LogP contribution in [-0.4, -0.2) is 62.0 Å². The minimum Gasteiger partial charge on any atom is -0.491 e. The smallest absolute Gasteiger partial charge is 0.225 e. The van der Waals surface area contributed by atoms with Gasteiger partial charge in [0, 0.05) is 44.8 Å². The largest absolute Gasteiger partial charge is 0.491 e. The molecule has 0 bridgehead atoms. The lowest BCUT2D eigenvalue weighted by atomic mass is 9.71. The summed E-state index contributed by atoms with van der Waals surface area (Å²) in [5, 5.41) is 12.2. The molecule has 3 rings (SSSR count). The number of carbonyl (C=O) groups excluding carboxylic acids is 1. The quantitative estimate of drug-likeness (QED) is 0.679. The Kier molecular flexibility index (Phi) is 7.77. The number of nitrogens with zero attached hydrogens (tertiary/aromatic N) is 1. The second-order valence-electron chi connectivity index (χ2n) is 10.0. The fourth-order valence-corrected chi connectivity index (χ4v) is 4.68. The number of likely N-dealkylation sites (tertiary alicyclic amines) is 1. The third kappa shape index (κ3) is 6.19. The van der Waals surface area contributed by atoms with E-state index in [4.69, 9.17) is 14.6 Å². The number of rotatable bonds is 8. The van der Waals surface area contributed by atoms with E-state index in [1.165, 1.54) is 5.56 Å². The lowest BCUT2D eigenvalue weighted by molar-refractivity contribution is -0.129. The first-order valence-corrected chi connectivity index (χ1v) is 11.2. The molecule has 30 heavy (non-hydrogen) atoms. The average Bonchev–Trinajstić information content (AvgIpc) is 3.03. The van der Waals surface area contributed by atoms with Gasteiger partial charge in [-0.1, -0.05) is 32.9 Å². The fraction of sp³-hybridized carbons (Fsp3) is 0.708. The van der Waals surface area contributed by atoms with Gasteiger partial charge in [0.25, 0.3) is 0 Å². The maximum Gasteiger partial charge on any atom is 0.225 e. The van der Waals surface area contributed by atoms with E-state index >= 15 is 0 Å². The van der Waals surface area contributed by atoms with Crippen LogP contribution in [0.1, 0.15) is 45.6 Å². The number of ether oxygens (including phenoxy) is 2. The predicted octanol–water partition coefficient (Wildman–Crippen LogP) is 2.84. The highest BCUT2D eigenvalue weighted by Crippen LogP contribution is 2.45. The molecule has 0 aliphatic carbocycles. The lowest BCUT2D eigenvalue weighted by Crippen LogP contribution is -2.44. The first-order chi connectivity index (χ1) is 14.3. The maximum atomic E-state index is 13.2. The van der Waals surface area contributed by atoms with Crippen LogP contribution >= 0.6 is 0 Å². The van der Waals surface area contributed by atoms with Crippen LogP contribution in [0.4, 0.5) is 0 Å². The van der Waals surface area contributed by atoms with Crippen LogP contribution < -0.4 is 10.1 Å². The minimum atomic E-state index is 0.00689. The molecule has 168 valence electrons. The second-order valence-corrected chi connectivity index (χ2v) is 10.0. The van der Waals surface area contributed by atoms with Gasteiger partial charge in [0.2, 0.25) is 5.91 Å². The Labute approximate surface area is 180 Å². The monoisotopic (exact) mass is 418 g/mol. The van der Waals surface area contributed by atoms with Crippen LogP contribution in [0.3, 0.4) is 0 Å². The molecule has 1 atom stereocenters. The summed E-state index contributed by atoms with van der Waals surface area (Å²) in [6.07, 6.45) is 2.87. The van der Waals surface area contributed by atoms with Gasteiger partial charge in [0.05, 0.1) is 12.5 Å². The van der Waals surface area contributed by atoms with Gasteiger partial charge in [-0.2, -0.15) is 0 Å². The van der Waals surface area contributed by atoms with Crippen molar-refractivity contribution in [2.24, 2.45) is 16.7 Å². The first-order valence-electron chi connectivity index (χ1n) is 11.2. The summed E-state index contributed by atoms with van der Waals surface area (Å²) in [7, 11) is 0. The van der Waals surface area contributed by atoms with E-state index in [9.17, 15) is 4.79 Å². The van der Waals surface area contributed by atoms with Crippen molar-refractivity contribution in [2.75, 3.05) is 46.1 Å². The number of aliphatic hydroxyl groups excluding tert-OH is 1. The van der Waals surface area contributed by atoms with Crippen LogP contribution in [0, 0.1) is 16.7 Å². The normalized spacial score (nSPS) is 21.7. The molecule has 0 aromatic heterocycles. The van der Waals surface area contributed by atoms with Crippen molar-refractivity contribution < 1.29 is 19.4 Å². The highest BCUT2D eigenvalue weighted by atomic mass is 16.5. The molecule has 2 saturated heterocycles. The van der Waals surface area contributed by atoms with Crippen molar-refractivity contribution in [3.05, 3.63) is 29.8 Å². The molecule has 1 amide bonds. The number of amides is 1. The Morgan fingerprint density at radius 2 is 2.10 bits per heavy atom. The van der Waals surface area contributed by atoms with Crippen LogP contribution in [0.15, 0.2) is 24.3 Å². The molecule has 2 aliphatic heterocycles. The Bertz CT molecular complexity index is 695. The number of nitrogens with one attached hydrogen (secondary N) is 1. The van der Waals surface area contributed by atoms with Crippen molar-refractivity contribution in [3.8, 4) is 5.75 Å². The SMILES string of the molecule is CC(C)(C)CCNC(=O)[C@@H]1CN(Cc2cccc(OCCO)c2)CC12CCOCC2. The van der Waals surface area contributed by atoms with E-state index in [2.05, 4.69) is 37.1 Å². The topological polar surface area (TPSA) is 71.0 Å². The molecule has 2 fully saturated rings. The van der Waals surface area contributed by atoms with E-state index < -0.39 is 0 Å². The first kappa shape index (κ1) is 23.0. The lowest BCUT2D eigenvalue weighted by Gasteiger charge is -2.37. The third-order valence-electron chi connectivity index (χ3n) is 6.36. The van der Waals surface area contributed by atoms with Crippen molar-refractivity contribution in [2.45, 2.75) is 46.6 Å². The Morgan fingerprint density at radius 3 is 2.80 bits per heavy atom. The van der Waals surface area contributed by atoms with Gasteiger partial charge < -0.3 is 19.9 Å². The number of carbonyl (C=O) groups is 1. The number of benzene rings is 1. The van der Waals surface area contributed by atoms with Crippen molar-refractivity contribution in [3.63, 3.8) is 0 Å². The molecule has 0 radical (unpaired) electrons. The minimum absolute atomic E-state index is 0.00689. The zero-order valence-electron chi connectivity index (χ0n) is 18.8. The highest BCUT2D eigenvalue weighted by molar-refractivity contribution is 5.80. The zero-order valence-corrected chi connectivity index (χ0v) is 18.8. The molecule has 6 heteroatoms. The van der Waals surface area contributed by atoms with Crippen LogP contribution in [-0.2, 0) is 16.1 Å². The van der Waals surface area contributed by atoms with E-state index in [0.29, 0.717) is 6.61 Å². The summed E-state index contributed by atoms with van der Waals surface area (Å²) in [4.78, 5) is 15.6. The molecule has 1 aromatic carbocycles. The van der Waals surface area contributed by atoms with Gasteiger partial charge in [0.15, 0.2) is 0 Å². The summed E-state index contributed by atoms with van der Waals surface area (Å²) < 4.78 is 11.2. The van der Waals surface area contributed by atoms with E-state index in [1.54, 1.807) is 0 Å². The van der Waals surface area contributed by atoms with E-state index in [-0.39, 0.29) is 29.3 Å².